The zero-order valence-electron chi connectivity index (χ0n) is 10.6. The van der Waals surface area contributed by atoms with Crippen molar-refractivity contribution in [2.75, 3.05) is 19.7 Å². The number of rotatable bonds is 4. The van der Waals surface area contributed by atoms with Gasteiger partial charge in [-0.15, -0.1) is 0 Å². The van der Waals surface area contributed by atoms with Crippen LogP contribution in [0.4, 0.5) is 0 Å². The highest BCUT2D eigenvalue weighted by molar-refractivity contribution is 5.68. The fourth-order valence-corrected chi connectivity index (χ4v) is 2.78. The molecule has 2 rings (SSSR count). The Labute approximate surface area is 102 Å². The van der Waals surface area contributed by atoms with E-state index in [1.807, 2.05) is 0 Å². The van der Waals surface area contributed by atoms with Crippen molar-refractivity contribution in [1.82, 2.24) is 10.6 Å². The number of carbonyl (C=O) groups is 1. The van der Waals surface area contributed by atoms with E-state index in [2.05, 4.69) is 24.5 Å². The second kappa shape index (κ2) is 4.55. The van der Waals surface area contributed by atoms with Gasteiger partial charge in [-0.1, -0.05) is 0 Å². The molecule has 0 saturated carbocycles. The van der Waals surface area contributed by atoms with Crippen LogP contribution in [-0.4, -0.2) is 48.0 Å². The molecule has 0 radical (unpaired) electrons. The Morgan fingerprint density at radius 3 is 2.71 bits per heavy atom. The van der Waals surface area contributed by atoms with Crippen LogP contribution in [-0.2, 0) is 9.53 Å². The highest BCUT2D eigenvalue weighted by Crippen LogP contribution is 2.27. The molecule has 1 unspecified atom stereocenters. The second-order valence-corrected chi connectivity index (χ2v) is 5.90. The molecule has 2 saturated heterocycles. The third-order valence-electron chi connectivity index (χ3n) is 3.62. The van der Waals surface area contributed by atoms with E-state index in [0.29, 0.717) is 6.04 Å². The van der Waals surface area contributed by atoms with E-state index in [0.717, 1.165) is 32.5 Å². The maximum absolute atomic E-state index is 10.9. The molecule has 0 aromatic heterocycles. The molecule has 1 atom stereocenters. The Kier molecular flexibility index (Phi) is 3.43. The summed E-state index contributed by atoms with van der Waals surface area (Å²) in [6, 6.07) is 0.361. The van der Waals surface area contributed by atoms with Crippen LogP contribution in [0.3, 0.4) is 0 Å². The van der Waals surface area contributed by atoms with Gasteiger partial charge < -0.3 is 20.5 Å². The summed E-state index contributed by atoms with van der Waals surface area (Å²) >= 11 is 0. The van der Waals surface area contributed by atoms with Gasteiger partial charge in [0.25, 0.3) is 0 Å². The number of hydrogen-bond acceptors (Lipinski definition) is 4. The molecule has 2 heterocycles. The molecule has 0 aliphatic carbocycles. The van der Waals surface area contributed by atoms with Gasteiger partial charge >= 0.3 is 5.97 Å². The molecule has 0 spiro atoms. The first-order chi connectivity index (χ1) is 7.91. The lowest BCUT2D eigenvalue weighted by atomic mass is 9.85. The van der Waals surface area contributed by atoms with Gasteiger partial charge in [-0.05, 0) is 26.7 Å². The van der Waals surface area contributed by atoms with E-state index >= 15 is 0 Å². The largest absolute Gasteiger partial charge is 0.481 e. The summed E-state index contributed by atoms with van der Waals surface area (Å²) in [7, 11) is 0. The van der Waals surface area contributed by atoms with Crippen LogP contribution >= 0.6 is 0 Å². The Bertz CT molecular complexity index is 300. The SMILES string of the molecule is CC1(C)CC(NC2(CC(=O)O)CNC2)CCO1. The molecule has 2 aliphatic heterocycles. The molecule has 2 aliphatic rings. The molecular weight excluding hydrogens is 220 g/mol. The lowest BCUT2D eigenvalue weighted by molar-refractivity contribution is -0.139. The molecule has 0 amide bonds. The normalized spacial score (nSPS) is 30.6. The lowest BCUT2D eigenvalue weighted by Gasteiger charge is -2.47. The Hall–Kier alpha value is -0.650. The summed E-state index contributed by atoms with van der Waals surface area (Å²) in [5.74, 6) is -0.731. The maximum Gasteiger partial charge on any atom is 0.305 e. The molecule has 98 valence electrons. The molecule has 0 bridgehead atoms. The van der Waals surface area contributed by atoms with Gasteiger partial charge in [-0.2, -0.15) is 0 Å². The van der Waals surface area contributed by atoms with Gasteiger partial charge in [0.1, 0.15) is 0 Å². The van der Waals surface area contributed by atoms with Crippen molar-refractivity contribution in [2.24, 2.45) is 0 Å². The first kappa shape index (κ1) is 12.8. The van der Waals surface area contributed by atoms with Crippen molar-refractivity contribution in [3.63, 3.8) is 0 Å². The minimum absolute atomic E-state index is 0.0997. The molecule has 5 nitrogen and oxygen atoms in total. The zero-order chi connectivity index (χ0) is 12.5. The third-order valence-corrected chi connectivity index (χ3v) is 3.62. The number of nitrogens with one attached hydrogen (secondary N) is 2. The minimum atomic E-state index is -0.731. The van der Waals surface area contributed by atoms with E-state index in [1.54, 1.807) is 0 Å². The van der Waals surface area contributed by atoms with Gasteiger partial charge in [-0.25, -0.2) is 0 Å². The average molecular weight is 242 g/mol. The highest BCUT2D eigenvalue weighted by Gasteiger charge is 2.42. The van der Waals surface area contributed by atoms with Crippen molar-refractivity contribution < 1.29 is 14.6 Å². The van der Waals surface area contributed by atoms with Crippen molar-refractivity contribution >= 4 is 5.97 Å². The Morgan fingerprint density at radius 2 is 2.24 bits per heavy atom. The molecular formula is C12H22N2O3. The quantitative estimate of drug-likeness (QED) is 0.663. The first-order valence-corrected chi connectivity index (χ1v) is 6.25. The van der Waals surface area contributed by atoms with Gasteiger partial charge in [0.2, 0.25) is 0 Å². The van der Waals surface area contributed by atoms with Crippen LogP contribution in [0, 0.1) is 0 Å². The van der Waals surface area contributed by atoms with E-state index in [9.17, 15) is 4.79 Å². The van der Waals surface area contributed by atoms with Crippen LogP contribution in [0.25, 0.3) is 0 Å². The van der Waals surface area contributed by atoms with Crippen molar-refractivity contribution in [1.29, 1.82) is 0 Å². The number of carboxylic acid groups (broad SMARTS) is 1. The highest BCUT2D eigenvalue weighted by atomic mass is 16.5. The van der Waals surface area contributed by atoms with Gasteiger partial charge in [0, 0.05) is 25.7 Å². The Balaban J connectivity index is 1.92. The van der Waals surface area contributed by atoms with Crippen LogP contribution in [0.2, 0.25) is 0 Å². The van der Waals surface area contributed by atoms with Crippen LogP contribution in [0.5, 0.6) is 0 Å². The van der Waals surface area contributed by atoms with Gasteiger partial charge in [-0.3, -0.25) is 4.79 Å². The number of ether oxygens (including phenoxy) is 1. The van der Waals surface area contributed by atoms with Gasteiger partial charge in [0.15, 0.2) is 0 Å². The smallest absolute Gasteiger partial charge is 0.305 e. The number of aliphatic carboxylic acids is 1. The van der Waals surface area contributed by atoms with Crippen molar-refractivity contribution in [2.45, 2.75) is 50.3 Å². The molecule has 17 heavy (non-hydrogen) atoms. The molecule has 2 fully saturated rings. The van der Waals surface area contributed by atoms with Crippen LogP contribution in [0.1, 0.15) is 33.1 Å². The molecule has 0 aromatic carbocycles. The van der Waals surface area contributed by atoms with Gasteiger partial charge in [0.05, 0.1) is 17.6 Å². The summed E-state index contributed by atoms with van der Waals surface area (Å²) in [6.07, 6.45) is 2.09. The van der Waals surface area contributed by atoms with Crippen LogP contribution < -0.4 is 10.6 Å². The topological polar surface area (TPSA) is 70.6 Å². The standard InChI is InChI=1S/C12H22N2O3/c1-11(2)5-9(3-4-17-11)14-12(6-10(15)16)7-13-8-12/h9,13-14H,3-8H2,1-2H3,(H,15,16). The third kappa shape index (κ3) is 3.18. The first-order valence-electron chi connectivity index (χ1n) is 6.25. The number of carboxylic acids is 1. The fourth-order valence-electron chi connectivity index (χ4n) is 2.78. The van der Waals surface area contributed by atoms with Crippen LogP contribution in [0.15, 0.2) is 0 Å². The number of hydrogen-bond donors (Lipinski definition) is 3. The van der Waals surface area contributed by atoms with E-state index < -0.39 is 5.97 Å². The maximum atomic E-state index is 10.9. The fraction of sp³-hybridized carbons (Fsp3) is 0.917. The second-order valence-electron chi connectivity index (χ2n) is 5.90. The summed E-state index contributed by atoms with van der Waals surface area (Å²) in [5, 5.41) is 15.6. The molecule has 0 aromatic rings. The zero-order valence-corrected chi connectivity index (χ0v) is 10.6. The summed E-state index contributed by atoms with van der Waals surface area (Å²) in [6.45, 7) is 6.42. The molecule has 3 N–H and O–H groups in total. The lowest BCUT2D eigenvalue weighted by Crippen LogP contribution is -2.71. The predicted molar refractivity (Wildman–Crippen MR) is 64.0 cm³/mol. The van der Waals surface area contributed by atoms with Crippen molar-refractivity contribution in [3.05, 3.63) is 0 Å². The summed E-state index contributed by atoms with van der Waals surface area (Å²) < 4.78 is 5.67. The predicted octanol–water partition coefficient (Wildman–Crippen LogP) is 0.350. The summed E-state index contributed by atoms with van der Waals surface area (Å²) in [5.41, 5.74) is -0.346. The Morgan fingerprint density at radius 1 is 1.53 bits per heavy atom. The van der Waals surface area contributed by atoms with Crippen molar-refractivity contribution in [3.8, 4) is 0 Å². The minimum Gasteiger partial charge on any atom is -0.481 e. The van der Waals surface area contributed by atoms with E-state index in [1.165, 1.54) is 0 Å². The monoisotopic (exact) mass is 242 g/mol. The van der Waals surface area contributed by atoms with E-state index in [-0.39, 0.29) is 17.6 Å². The summed E-state index contributed by atoms with van der Waals surface area (Å²) in [4.78, 5) is 10.9. The molecule has 5 heteroatoms. The average Bonchev–Trinajstić information content (AvgIpc) is 2.11. The van der Waals surface area contributed by atoms with E-state index in [4.69, 9.17) is 9.84 Å².